The molecule has 170 valence electrons. The number of rotatable bonds is 20. The molecule has 5 heteroatoms. The maximum Gasteiger partial charge on any atom is 0.342 e. The third-order valence-electron chi connectivity index (χ3n) is 5.36. The van der Waals surface area contributed by atoms with Crippen LogP contribution in [0, 0.1) is 0 Å². The summed E-state index contributed by atoms with van der Waals surface area (Å²) in [7, 11) is 0. The lowest BCUT2D eigenvalue weighted by molar-refractivity contribution is -0.135. The molecule has 0 aromatic carbocycles. The van der Waals surface area contributed by atoms with Crippen molar-refractivity contribution in [3.8, 4) is 0 Å². The Bertz CT molecular complexity index is 470. The first kappa shape index (κ1) is 27.6. The molecule has 1 unspecified atom stereocenters. The molecule has 3 N–H and O–H groups in total. The second-order valence-corrected chi connectivity index (χ2v) is 8.19. The van der Waals surface area contributed by atoms with Crippen molar-refractivity contribution in [1.29, 1.82) is 0 Å². The van der Waals surface area contributed by atoms with E-state index in [-0.39, 0.29) is 18.6 Å². The summed E-state index contributed by atoms with van der Waals surface area (Å²) in [6, 6.07) is 0. The number of carboxylic acid groups (broad SMARTS) is 1. The van der Waals surface area contributed by atoms with Crippen molar-refractivity contribution < 1.29 is 24.9 Å². The van der Waals surface area contributed by atoms with Gasteiger partial charge < -0.3 is 15.3 Å². The summed E-state index contributed by atoms with van der Waals surface area (Å²) in [6.07, 6.45) is 14.9. The van der Waals surface area contributed by atoms with Gasteiger partial charge in [-0.05, 0) is 12.8 Å². The van der Waals surface area contributed by atoms with Gasteiger partial charge in [0.05, 0.1) is 6.10 Å². The van der Waals surface area contributed by atoms with Crippen LogP contribution in [0.25, 0.3) is 0 Å². The van der Waals surface area contributed by atoms with E-state index in [1.807, 2.05) is 0 Å². The van der Waals surface area contributed by atoms with Crippen molar-refractivity contribution in [3.05, 3.63) is 11.3 Å². The van der Waals surface area contributed by atoms with Gasteiger partial charge in [-0.15, -0.1) is 0 Å². The van der Waals surface area contributed by atoms with Gasteiger partial charge in [0.15, 0.2) is 5.78 Å². The van der Waals surface area contributed by atoms with Crippen LogP contribution in [-0.4, -0.2) is 33.2 Å². The van der Waals surface area contributed by atoms with E-state index >= 15 is 0 Å². The third-order valence-corrected chi connectivity index (χ3v) is 5.36. The third kappa shape index (κ3) is 15.2. The minimum Gasteiger partial charge on any atom is -0.511 e. The molecule has 0 aliphatic heterocycles. The predicted octanol–water partition coefficient (Wildman–Crippen LogP) is 6.48. The Hall–Kier alpha value is -1.36. The summed E-state index contributed by atoms with van der Waals surface area (Å²) < 4.78 is 0. The highest BCUT2D eigenvalue weighted by Crippen LogP contribution is 2.18. The van der Waals surface area contributed by atoms with Gasteiger partial charge in [-0.25, -0.2) is 4.79 Å². The predicted molar refractivity (Wildman–Crippen MR) is 118 cm³/mol. The zero-order chi connectivity index (χ0) is 21.9. The number of carboxylic acids is 1. The quantitative estimate of drug-likeness (QED) is 0.0699. The Balaban J connectivity index is 4.25. The van der Waals surface area contributed by atoms with E-state index in [9.17, 15) is 24.9 Å². The lowest BCUT2D eigenvalue weighted by Gasteiger charge is -2.11. The average Bonchev–Trinajstić information content (AvgIpc) is 2.66. The molecule has 0 spiro atoms. The Morgan fingerprint density at radius 2 is 1.14 bits per heavy atom. The number of hydrogen-bond acceptors (Lipinski definition) is 4. The molecule has 0 bridgehead atoms. The van der Waals surface area contributed by atoms with Crippen LogP contribution in [0.4, 0.5) is 0 Å². The van der Waals surface area contributed by atoms with Crippen LogP contribution in [0.15, 0.2) is 11.3 Å². The van der Waals surface area contributed by atoms with Crippen LogP contribution in [0.5, 0.6) is 0 Å². The molecule has 0 saturated heterocycles. The number of carbonyl (C=O) groups excluding carboxylic acids is 1. The lowest BCUT2D eigenvalue weighted by Crippen LogP contribution is -2.21. The van der Waals surface area contributed by atoms with Gasteiger partial charge in [0.2, 0.25) is 0 Å². The van der Waals surface area contributed by atoms with Crippen LogP contribution in [0.2, 0.25) is 0 Å². The average molecular weight is 413 g/mol. The van der Waals surface area contributed by atoms with E-state index in [1.165, 1.54) is 44.9 Å². The molecule has 0 heterocycles. The molecule has 0 fully saturated rings. The molecule has 0 rings (SSSR count). The Morgan fingerprint density at radius 3 is 1.62 bits per heavy atom. The fraction of sp³-hybridized carbons (Fsp3) is 0.833. The minimum absolute atomic E-state index is 0.203. The fourth-order valence-electron chi connectivity index (χ4n) is 3.53. The molecule has 0 aliphatic rings. The second-order valence-electron chi connectivity index (χ2n) is 8.19. The maximum absolute atomic E-state index is 12.3. The van der Waals surface area contributed by atoms with Crippen molar-refractivity contribution in [3.63, 3.8) is 0 Å². The first-order valence-corrected chi connectivity index (χ1v) is 11.8. The summed E-state index contributed by atoms with van der Waals surface area (Å²) in [6.45, 7) is 4.35. The van der Waals surface area contributed by atoms with E-state index in [2.05, 4.69) is 13.8 Å². The van der Waals surface area contributed by atoms with Crippen molar-refractivity contribution in [2.45, 2.75) is 129 Å². The van der Waals surface area contributed by atoms with E-state index < -0.39 is 23.4 Å². The van der Waals surface area contributed by atoms with Gasteiger partial charge in [-0.1, -0.05) is 97.3 Å². The maximum atomic E-state index is 12.3. The summed E-state index contributed by atoms with van der Waals surface area (Å²) in [5, 5.41) is 29.5. The number of carbonyl (C=O) groups is 2. The van der Waals surface area contributed by atoms with Gasteiger partial charge in [-0.3, -0.25) is 4.79 Å². The Kier molecular flexibility index (Phi) is 17.8. The highest BCUT2D eigenvalue weighted by atomic mass is 16.4. The number of aliphatic hydroxyl groups excluding tert-OH is 2. The van der Waals surface area contributed by atoms with E-state index in [0.29, 0.717) is 12.8 Å². The zero-order valence-corrected chi connectivity index (χ0v) is 18.8. The van der Waals surface area contributed by atoms with Crippen molar-refractivity contribution in [2.24, 2.45) is 0 Å². The SMILES string of the molecule is CCCCCCCCCC(O)=C(C(=O)O)C(=O)CC(O)CCCCCCCCC. The van der Waals surface area contributed by atoms with Crippen LogP contribution in [-0.2, 0) is 9.59 Å². The molecule has 0 saturated carbocycles. The number of hydrogen-bond donors (Lipinski definition) is 3. The normalized spacial score (nSPS) is 13.2. The van der Waals surface area contributed by atoms with Crippen molar-refractivity contribution in [2.75, 3.05) is 0 Å². The van der Waals surface area contributed by atoms with E-state index in [4.69, 9.17) is 0 Å². The summed E-state index contributed by atoms with van der Waals surface area (Å²) >= 11 is 0. The van der Waals surface area contributed by atoms with Gasteiger partial charge in [0.1, 0.15) is 11.3 Å². The van der Waals surface area contributed by atoms with Gasteiger partial charge in [0, 0.05) is 12.8 Å². The largest absolute Gasteiger partial charge is 0.511 e. The van der Waals surface area contributed by atoms with Gasteiger partial charge in [0.25, 0.3) is 0 Å². The first-order valence-electron chi connectivity index (χ1n) is 11.8. The fourth-order valence-corrected chi connectivity index (χ4v) is 3.53. The van der Waals surface area contributed by atoms with Gasteiger partial charge >= 0.3 is 5.97 Å². The highest BCUT2D eigenvalue weighted by Gasteiger charge is 2.24. The molecular formula is C24H44O5. The molecule has 1 atom stereocenters. The number of aliphatic carboxylic acids is 1. The van der Waals surface area contributed by atoms with Crippen molar-refractivity contribution in [1.82, 2.24) is 0 Å². The highest BCUT2D eigenvalue weighted by molar-refractivity contribution is 6.17. The lowest BCUT2D eigenvalue weighted by atomic mass is 9.98. The van der Waals surface area contributed by atoms with Gasteiger partial charge in [-0.2, -0.15) is 0 Å². The number of aliphatic hydroxyl groups is 2. The number of allylic oxidation sites excluding steroid dienone is 1. The molecule has 29 heavy (non-hydrogen) atoms. The van der Waals surface area contributed by atoms with Crippen molar-refractivity contribution >= 4 is 11.8 Å². The molecule has 0 amide bonds. The number of Topliss-reactive ketones (excluding diaryl/α,β-unsaturated/α-hetero) is 1. The monoisotopic (exact) mass is 412 g/mol. The molecular weight excluding hydrogens is 368 g/mol. The second kappa shape index (κ2) is 18.7. The van der Waals surface area contributed by atoms with Crippen LogP contribution in [0.1, 0.15) is 123 Å². The number of ketones is 1. The molecule has 0 aliphatic carbocycles. The standard InChI is InChI=1S/C24H44O5/c1-3-5-7-9-11-13-15-17-20(25)19-22(27)23(24(28)29)21(26)18-16-14-12-10-8-6-4-2/h20,25-26H,3-19H2,1-2H3,(H,28,29). The first-order chi connectivity index (χ1) is 13.9. The molecule has 0 aromatic rings. The Morgan fingerprint density at radius 1 is 0.690 bits per heavy atom. The Labute approximate surface area is 177 Å². The van der Waals surface area contributed by atoms with Crippen LogP contribution < -0.4 is 0 Å². The summed E-state index contributed by atoms with van der Waals surface area (Å²) in [5.74, 6) is -2.42. The summed E-state index contributed by atoms with van der Waals surface area (Å²) in [5.41, 5.74) is -0.547. The molecule has 0 radical (unpaired) electrons. The van der Waals surface area contributed by atoms with Crippen LogP contribution >= 0.6 is 0 Å². The summed E-state index contributed by atoms with van der Waals surface area (Å²) in [4.78, 5) is 23.7. The topological polar surface area (TPSA) is 94.8 Å². The molecule has 0 aromatic heterocycles. The van der Waals surface area contributed by atoms with E-state index in [0.717, 1.165) is 38.5 Å². The molecule has 5 nitrogen and oxygen atoms in total. The number of unbranched alkanes of at least 4 members (excludes halogenated alkanes) is 12. The smallest absolute Gasteiger partial charge is 0.342 e. The van der Waals surface area contributed by atoms with Crippen LogP contribution in [0.3, 0.4) is 0 Å². The minimum atomic E-state index is -1.40. The zero-order valence-electron chi connectivity index (χ0n) is 18.8. The van der Waals surface area contributed by atoms with E-state index in [1.54, 1.807) is 0 Å².